The number of primary sulfonamides is 1. The van der Waals surface area contributed by atoms with Gasteiger partial charge in [-0.1, -0.05) is 59.8 Å². The van der Waals surface area contributed by atoms with Gasteiger partial charge in [0, 0.05) is 16.8 Å². The summed E-state index contributed by atoms with van der Waals surface area (Å²) >= 11 is 11.0. The Balaban J connectivity index is 1.37. The van der Waals surface area contributed by atoms with E-state index < -0.39 is 10.0 Å². The molecule has 3 aromatic carbocycles. The molecule has 0 spiro atoms. The third-order valence-corrected chi connectivity index (χ3v) is 8.65. The predicted molar refractivity (Wildman–Crippen MR) is 141 cm³/mol. The monoisotopic (exact) mass is 590 g/mol. The molecule has 11 heteroatoms. The zero-order chi connectivity index (χ0) is 24.7. The number of thioether (sulfide) groups is 1. The standard InChI is InChI=1S/C24H20BrClN4O3S2/c25-23-28-29-24(34-13-16(31)11-15-7-8-17(12-21(15)26)35(27,32)33)30(23)22-10-9-18(14-5-6-14)19-3-1-2-4-20(19)22/h1-4,7-10,12,14H,5-6,11,13H2,(H2,27,32,33). The topological polar surface area (TPSA) is 108 Å². The summed E-state index contributed by atoms with van der Waals surface area (Å²) in [5.41, 5.74) is 2.84. The normalized spacial score (nSPS) is 13.9. The van der Waals surface area contributed by atoms with Gasteiger partial charge in [0.1, 0.15) is 5.78 Å². The highest BCUT2D eigenvalue weighted by molar-refractivity contribution is 9.10. The number of ketones is 1. The Labute approximate surface area is 220 Å². The van der Waals surface area contributed by atoms with Crippen molar-refractivity contribution in [3.05, 3.63) is 75.5 Å². The minimum atomic E-state index is -3.86. The summed E-state index contributed by atoms with van der Waals surface area (Å²) in [6, 6.07) is 16.7. The highest BCUT2D eigenvalue weighted by Crippen LogP contribution is 2.44. The fourth-order valence-electron chi connectivity index (χ4n) is 4.06. The first-order valence-electron chi connectivity index (χ1n) is 10.8. The maximum Gasteiger partial charge on any atom is 0.238 e. The Morgan fingerprint density at radius 2 is 1.86 bits per heavy atom. The maximum atomic E-state index is 12.7. The Bertz CT molecular complexity index is 1570. The first-order valence-corrected chi connectivity index (χ1v) is 14.5. The molecule has 0 saturated heterocycles. The summed E-state index contributed by atoms with van der Waals surface area (Å²) in [6.07, 6.45) is 2.50. The highest BCUT2D eigenvalue weighted by atomic mass is 79.9. The summed E-state index contributed by atoms with van der Waals surface area (Å²) < 4.78 is 25.5. The van der Waals surface area contributed by atoms with E-state index in [0.29, 0.717) is 21.4 Å². The van der Waals surface area contributed by atoms with E-state index in [9.17, 15) is 13.2 Å². The number of carbonyl (C=O) groups excluding carboxylic acids is 1. The van der Waals surface area contributed by atoms with Gasteiger partial charge in [0.2, 0.25) is 14.8 Å². The van der Waals surface area contributed by atoms with Crippen molar-refractivity contribution >= 4 is 65.9 Å². The van der Waals surface area contributed by atoms with Gasteiger partial charge in [0.25, 0.3) is 0 Å². The first-order chi connectivity index (χ1) is 16.7. The highest BCUT2D eigenvalue weighted by Gasteiger charge is 2.26. The Morgan fingerprint density at radius 3 is 2.54 bits per heavy atom. The van der Waals surface area contributed by atoms with Crippen LogP contribution in [0.2, 0.25) is 5.02 Å². The smallest absolute Gasteiger partial charge is 0.238 e. The fourth-order valence-corrected chi connectivity index (χ4v) is 6.27. The molecule has 1 aliphatic rings. The molecule has 2 N–H and O–H groups in total. The first kappa shape index (κ1) is 24.5. The van der Waals surface area contributed by atoms with Crippen LogP contribution >= 0.6 is 39.3 Å². The number of aromatic nitrogens is 3. The summed E-state index contributed by atoms with van der Waals surface area (Å²) in [5.74, 6) is 0.687. The lowest BCUT2D eigenvalue weighted by molar-refractivity contribution is -0.116. The maximum absolute atomic E-state index is 12.7. The van der Waals surface area contributed by atoms with Crippen molar-refractivity contribution in [3.63, 3.8) is 0 Å². The van der Waals surface area contributed by atoms with Crippen LogP contribution in [-0.4, -0.2) is 34.7 Å². The number of halogens is 2. The lowest BCUT2D eigenvalue weighted by atomic mass is 9.99. The predicted octanol–water partition coefficient (Wildman–Crippen LogP) is 5.27. The molecule has 0 amide bonds. The molecular weight excluding hydrogens is 572 g/mol. The minimum Gasteiger partial charge on any atom is -0.298 e. The van der Waals surface area contributed by atoms with Crippen LogP contribution < -0.4 is 5.14 Å². The van der Waals surface area contributed by atoms with Crippen molar-refractivity contribution in [1.82, 2.24) is 14.8 Å². The van der Waals surface area contributed by atoms with Crippen LogP contribution in [0.25, 0.3) is 16.5 Å². The molecule has 7 nitrogen and oxygen atoms in total. The quantitative estimate of drug-likeness (QED) is 0.280. The van der Waals surface area contributed by atoms with Crippen LogP contribution in [0.1, 0.15) is 29.9 Å². The number of rotatable bonds is 8. The number of carbonyl (C=O) groups is 1. The molecule has 0 radical (unpaired) electrons. The lowest BCUT2D eigenvalue weighted by Crippen LogP contribution is -2.13. The van der Waals surface area contributed by atoms with Gasteiger partial charge >= 0.3 is 0 Å². The van der Waals surface area contributed by atoms with Crippen LogP contribution in [0.15, 0.2) is 69.4 Å². The van der Waals surface area contributed by atoms with Crippen molar-refractivity contribution in [2.24, 2.45) is 5.14 Å². The summed E-state index contributed by atoms with van der Waals surface area (Å²) in [5, 5.41) is 16.7. The zero-order valence-electron chi connectivity index (χ0n) is 18.3. The molecule has 0 bridgehead atoms. The molecule has 5 rings (SSSR count). The summed E-state index contributed by atoms with van der Waals surface area (Å²) in [4.78, 5) is 12.6. The van der Waals surface area contributed by atoms with E-state index in [1.165, 1.54) is 53.8 Å². The summed E-state index contributed by atoms with van der Waals surface area (Å²) in [6.45, 7) is 0. The number of nitrogens with two attached hydrogens (primary N) is 1. The second-order valence-corrected chi connectivity index (χ2v) is 12.0. The number of hydrogen-bond donors (Lipinski definition) is 1. The van der Waals surface area contributed by atoms with Gasteiger partial charge in [0.15, 0.2) is 5.16 Å². The molecule has 1 heterocycles. The molecule has 1 aliphatic carbocycles. The van der Waals surface area contributed by atoms with E-state index in [4.69, 9.17) is 16.7 Å². The fraction of sp³-hybridized carbons (Fsp3) is 0.208. The van der Waals surface area contributed by atoms with Crippen molar-refractivity contribution in [2.45, 2.75) is 35.2 Å². The number of Topliss-reactive ketones (excluding diaryl/α,β-unsaturated/α-hetero) is 1. The second-order valence-electron chi connectivity index (χ2n) is 8.38. The molecule has 180 valence electrons. The Morgan fingerprint density at radius 1 is 1.11 bits per heavy atom. The SMILES string of the molecule is NS(=O)(=O)c1ccc(CC(=O)CSc2nnc(Br)n2-c2ccc(C3CC3)c3ccccc23)c(Cl)c1. The van der Waals surface area contributed by atoms with Gasteiger partial charge < -0.3 is 0 Å². The van der Waals surface area contributed by atoms with Gasteiger partial charge in [-0.15, -0.1) is 10.2 Å². The molecular formula is C24H20BrClN4O3S2. The van der Waals surface area contributed by atoms with Gasteiger partial charge in [0.05, 0.1) is 16.3 Å². The Hall–Kier alpha value is -2.24. The molecule has 1 fully saturated rings. The van der Waals surface area contributed by atoms with Crippen LogP contribution in [0, 0.1) is 0 Å². The van der Waals surface area contributed by atoms with E-state index in [-0.39, 0.29) is 27.9 Å². The largest absolute Gasteiger partial charge is 0.298 e. The number of nitrogens with zero attached hydrogens (tertiary/aromatic N) is 3. The molecule has 0 aliphatic heterocycles. The van der Waals surface area contributed by atoms with E-state index in [2.05, 4.69) is 50.4 Å². The second kappa shape index (κ2) is 9.67. The van der Waals surface area contributed by atoms with Gasteiger partial charge in [-0.2, -0.15) is 0 Å². The number of sulfonamides is 1. The lowest BCUT2D eigenvalue weighted by Gasteiger charge is -2.14. The van der Waals surface area contributed by atoms with Gasteiger partial charge in [-0.3, -0.25) is 9.36 Å². The Kier molecular flexibility index (Phi) is 6.75. The van der Waals surface area contributed by atoms with Crippen molar-refractivity contribution < 1.29 is 13.2 Å². The van der Waals surface area contributed by atoms with Crippen molar-refractivity contribution in [1.29, 1.82) is 0 Å². The van der Waals surface area contributed by atoms with E-state index in [0.717, 1.165) is 11.1 Å². The van der Waals surface area contributed by atoms with Crippen molar-refractivity contribution in [3.8, 4) is 5.69 Å². The molecule has 1 aromatic heterocycles. The van der Waals surface area contributed by atoms with E-state index >= 15 is 0 Å². The third kappa shape index (κ3) is 5.17. The van der Waals surface area contributed by atoms with Gasteiger partial charge in [-0.25, -0.2) is 13.6 Å². The molecule has 1 saturated carbocycles. The van der Waals surface area contributed by atoms with Crippen LogP contribution in [0.4, 0.5) is 0 Å². The molecule has 0 unspecified atom stereocenters. The zero-order valence-corrected chi connectivity index (χ0v) is 22.3. The van der Waals surface area contributed by atoms with Crippen LogP contribution in [0.5, 0.6) is 0 Å². The van der Waals surface area contributed by atoms with Gasteiger partial charge in [-0.05, 0) is 69.4 Å². The minimum absolute atomic E-state index is 0.0606. The average molecular weight is 592 g/mol. The molecule has 0 atom stereocenters. The van der Waals surface area contributed by atoms with E-state index in [1.807, 2.05) is 16.7 Å². The average Bonchev–Trinajstić information content (AvgIpc) is 3.60. The van der Waals surface area contributed by atoms with E-state index in [1.54, 1.807) is 0 Å². The molecule has 35 heavy (non-hydrogen) atoms. The molecule has 4 aromatic rings. The third-order valence-electron chi connectivity index (χ3n) is 5.89. The number of benzene rings is 3. The van der Waals surface area contributed by atoms with Crippen LogP contribution in [-0.2, 0) is 21.2 Å². The summed E-state index contributed by atoms with van der Waals surface area (Å²) in [7, 11) is -3.86. The van der Waals surface area contributed by atoms with Crippen LogP contribution in [0.3, 0.4) is 0 Å². The van der Waals surface area contributed by atoms with Crippen molar-refractivity contribution in [2.75, 3.05) is 5.75 Å². The number of fused-ring (bicyclic) bond motifs is 1. The number of hydrogen-bond acceptors (Lipinski definition) is 6.